The lowest BCUT2D eigenvalue weighted by molar-refractivity contribution is -0.114. The van der Waals surface area contributed by atoms with E-state index in [0.717, 1.165) is 38.2 Å². The first-order chi connectivity index (χ1) is 13.0. The fourth-order valence-electron chi connectivity index (χ4n) is 2.90. The molecule has 0 unspecified atom stereocenters. The third-order valence-electron chi connectivity index (χ3n) is 4.22. The summed E-state index contributed by atoms with van der Waals surface area (Å²) in [6, 6.07) is 11.6. The van der Waals surface area contributed by atoms with Gasteiger partial charge in [0.1, 0.15) is 5.01 Å². The van der Waals surface area contributed by atoms with E-state index in [9.17, 15) is 4.79 Å². The van der Waals surface area contributed by atoms with Crippen LogP contribution in [0.5, 0.6) is 0 Å². The van der Waals surface area contributed by atoms with Gasteiger partial charge in [0.05, 0.1) is 17.3 Å². The first-order valence-corrected chi connectivity index (χ1v) is 9.49. The number of hydrogen-bond acceptors (Lipinski definition) is 6. The molecule has 1 aliphatic heterocycles. The smallest absolute Gasteiger partial charge is 0.221 e. The molecule has 27 heavy (non-hydrogen) atoms. The Morgan fingerprint density at radius 1 is 1.26 bits per heavy atom. The third kappa shape index (κ3) is 3.43. The van der Waals surface area contributed by atoms with Gasteiger partial charge in [-0.2, -0.15) is 0 Å². The topological polar surface area (TPSA) is 70.5 Å². The molecule has 1 amide bonds. The van der Waals surface area contributed by atoms with Gasteiger partial charge in [-0.05, 0) is 23.8 Å². The van der Waals surface area contributed by atoms with Crippen molar-refractivity contribution in [2.24, 2.45) is 4.99 Å². The zero-order valence-electron chi connectivity index (χ0n) is 14.7. The standard InChI is InChI=1S/C19H16ClN5OS/c1-11(26)22-14-5-3-4-12(8-14)18-23-24-19(27-18)25(2)16-7-6-13-9-21-10-15(13)17(16)20/h3-8,10H,9H2,1-2H3,(H,22,26). The van der Waals surface area contributed by atoms with E-state index in [1.54, 1.807) is 0 Å². The normalized spacial score (nSPS) is 12.1. The summed E-state index contributed by atoms with van der Waals surface area (Å²) in [6.45, 7) is 2.16. The Morgan fingerprint density at radius 2 is 2.11 bits per heavy atom. The van der Waals surface area contributed by atoms with Gasteiger partial charge in [0.25, 0.3) is 0 Å². The number of aromatic nitrogens is 2. The second-order valence-corrected chi connectivity index (χ2v) is 7.49. The van der Waals surface area contributed by atoms with Crippen molar-refractivity contribution >= 4 is 51.6 Å². The fraction of sp³-hybridized carbons (Fsp3) is 0.158. The molecule has 4 rings (SSSR count). The average Bonchev–Trinajstić information content (AvgIpc) is 3.31. The largest absolute Gasteiger partial charge is 0.326 e. The molecule has 0 fully saturated rings. The zero-order chi connectivity index (χ0) is 19.0. The van der Waals surface area contributed by atoms with E-state index in [4.69, 9.17) is 11.6 Å². The van der Waals surface area contributed by atoms with Crippen LogP contribution < -0.4 is 10.2 Å². The van der Waals surface area contributed by atoms with Gasteiger partial charge in [-0.15, -0.1) is 10.2 Å². The minimum Gasteiger partial charge on any atom is -0.326 e. The Labute approximate surface area is 165 Å². The van der Waals surface area contributed by atoms with Crippen molar-refractivity contribution in [2.45, 2.75) is 13.5 Å². The van der Waals surface area contributed by atoms with Crippen LogP contribution in [0.15, 0.2) is 41.4 Å². The minimum atomic E-state index is -0.111. The van der Waals surface area contributed by atoms with Gasteiger partial charge < -0.3 is 10.2 Å². The number of aliphatic imine (C=N–C) groups is 1. The van der Waals surface area contributed by atoms with Gasteiger partial charge in [-0.25, -0.2) is 0 Å². The van der Waals surface area contributed by atoms with Crippen molar-refractivity contribution in [3.63, 3.8) is 0 Å². The average molecular weight is 398 g/mol. The molecule has 1 N–H and O–H groups in total. The molecular weight excluding hydrogens is 382 g/mol. The Bertz CT molecular complexity index is 1060. The van der Waals surface area contributed by atoms with E-state index in [0.29, 0.717) is 11.6 Å². The van der Waals surface area contributed by atoms with Crippen LogP contribution in [-0.2, 0) is 11.3 Å². The van der Waals surface area contributed by atoms with E-state index in [1.165, 1.54) is 18.3 Å². The molecule has 136 valence electrons. The Morgan fingerprint density at radius 3 is 2.93 bits per heavy atom. The van der Waals surface area contributed by atoms with Crippen LogP contribution in [0.3, 0.4) is 0 Å². The lowest BCUT2D eigenvalue weighted by Crippen LogP contribution is -2.10. The minimum absolute atomic E-state index is 0.111. The Kier molecular flexibility index (Phi) is 4.63. The maximum atomic E-state index is 11.3. The van der Waals surface area contributed by atoms with Crippen molar-refractivity contribution in [2.75, 3.05) is 17.3 Å². The lowest BCUT2D eigenvalue weighted by atomic mass is 10.1. The number of nitrogens with one attached hydrogen (secondary N) is 1. The second-order valence-electron chi connectivity index (χ2n) is 6.15. The van der Waals surface area contributed by atoms with E-state index in [2.05, 4.69) is 20.5 Å². The van der Waals surface area contributed by atoms with Crippen LogP contribution >= 0.6 is 22.9 Å². The SMILES string of the molecule is CC(=O)Nc1cccc(-c2nnc(N(C)c3ccc4c(c3Cl)C=NC4)s2)c1. The Balaban J connectivity index is 1.63. The van der Waals surface area contributed by atoms with Gasteiger partial charge in [-0.1, -0.05) is 41.1 Å². The molecule has 0 bridgehead atoms. The van der Waals surface area contributed by atoms with E-state index in [1.807, 2.05) is 54.6 Å². The van der Waals surface area contributed by atoms with Gasteiger partial charge in [0.2, 0.25) is 11.0 Å². The number of carbonyl (C=O) groups is 1. The molecule has 1 aromatic heterocycles. The van der Waals surface area contributed by atoms with Gasteiger partial charge >= 0.3 is 0 Å². The predicted octanol–water partition coefficient (Wildman–Crippen LogP) is 4.52. The molecule has 8 heteroatoms. The number of carbonyl (C=O) groups excluding carboxylic acids is 1. The predicted molar refractivity (Wildman–Crippen MR) is 110 cm³/mol. The molecule has 0 radical (unpaired) electrons. The summed E-state index contributed by atoms with van der Waals surface area (Å²) in [5, 5.41) is 13.6. The first kappa shape index (κ1) is 17.6. The highest BCUT2D eigenvalue weighted by atomic mass is 35.5. The summed E-state index contributed by atoms with van der Waals surface area (Å²) in [5.41, 5.74) is 4.58. The first-order valence-electron chi connectivity index (χ1n) is 8.29. The summed E-state index contributed by atoms with van der Waals surface area (Å²) in [7, 11) is 1.91. The van der Waals surface area contributed by atoms with Crippen molar-refractivity contribution in [3.05, 3.63) is 52.5 Å². The molecule has 1 aliphatic rings. The summed E-state index contributed by atoms with van der Waals surface area (Å²) in [5.74, 6) is -0.111. The summed E-state index contributed by atoms with van der Waals surface area (Å²) < 4.78 is 0. The van der Waals surface area contributed by atoms with E-state index < -0.39 is 0 Å². The number of amides is 1. The molecule has 0 spiro atoms. The van der Waals surface area contributed by atoms with E-state index >= 15 is 0 Å². The molecule has 2 heterocycles. The fourth-order valence-corrected chi connectivity index (χ4v) is 4.07. The summed E-state index contributed by atoms with van der Waals surface area (Å²) in [4.78, 5) is 17.5. The molecule has 3 aromatic rings. The third-order valence-corrected chi connectivity index (χ3v) is 5.67. The number of benzene rings is 2. The highest BCUT2D eigenvalue weighted by Gasteiger charge is 2.19. The van der Waals surface area contributed by atoms with Crippen LogP contribution in [0.25, 0.3) is 10.6 Å². The van der Waals surface area contributed by atoms with Crippen LogP contribution in [0.4, 0.5) is 16.5 Å². The zero-order valence-corrected chi connectivity index (χ0v) is 16.3. The highest BCUT2D eigenvalue weighted by Crippen LogP contribution is 2.38. The van der Waals surface area contributed by atoms with Crippen LogP contribution in [-0.4, -0.2) is 29.4 Å². The van der Waals surface area contributed by atoms with E-state index in [-0.39, 0.29) is 5.91 Å². The number of halogens is 1. The number of nitrogens with zero attached hydrogens (tertiary/aromatic N) is 4. The lowest BCUT2D eigenvalue weighted by Gasteiger charge is -2.18. The van der Waals surface area contributed by atoms with Crippen LogP contribution in [0.2, 0.25) is 5.02 Å². The van der Waals surface area contributed by atoms with Crippen molar-refractivity contribution < 1.29 is 4.79 Å². The monoisotopic (exact) mass is 397 g/mol. The van der Waals surface area contributed by atoms with Gasteiger partial charge in [0, 0.05) is 37.0 Å². The Hall–Kier alpha value is -2.77. The highest BCUT2D eigenvalue weighted by molar-refractivity contribution is 7.18. The summed E-state index contributed by atoms with van der Waals surface area (Å²) >= 11 is 8.03. The van der Waals surface area contributed by atoms with Gasteiger partial charge in [-0.3, -0.25) is 9.79 Å². The summed E-state index contributed by atoms with van der Waals surface area (Å²) in [6.07, 6.45) is 1.81. The van der Waals surface area contributed by atoms with Crippen LogP contribution in [0.1, 0.15) is 18.1 Å². The maximum Gasteiger partial charge on any atom is 0.221 e. The number of rotatable bonds is 4. The second kappa shape index (κ2) is 7.09. The molecule has 2 aromatic carbocycles. The van der Waals surface area contributed by atoms with Crippen molar-refractivity contribution in [1.29, 1.82) is 0 Å². The van der Waals surface area contributed by atoms with Crippen LogP contribution in [0, 0.1) is 0 Å². The molecule has 0 saturated carbocycles. The van der Waals surface area contributed by atoms with Crippen molar-refractivity contribution in [3.8, 4) is 10.6 Å². The maximum absolute atomic E-state index is 11.3. The molecular formula is C19H16ClN5OS. The molecule has 6 nitrogen and oxygen atoms in total. The quantitative estimate of drug-likeness (QED) is 0.702. The number of anilines is 3. The van der Waals surface area contributed by atoms with Gasteiger partial charge in [0.15, 0.2) is 0 Å². The number of fused-ring (bicyclic) bond motifs is 1. The molecule has 0 saturated heterocycles. The number of hydrogen-bond donors (Lipinski definition) is 1. The molecule has 0 atom stereocenters. The molecule has 0 aliphatic carbocycles. The van der Waals surface area contributed by atoms with Crippen molar-refractivity contribution in [1.82, 2.24) is 10.2 Å².